The number of guanidine groups is 1. The van der Waals surface area contributed by atoms with E-state index in [-0.39, 0.29) is 44.6 Å². The molecule has 78 heavy (non-hydrogen) atoms. The second-order valence-corrected chi connectivity index (χ2v) is 22.8. The number of nitrogens with zero attached hydrogens (tertiary/aromatic N) is 6. The molecule has 0 amide bonds. The van der Waals surface area contributed by atoms with Crippen LogP contribution in [-0.4, -0.2) is 81.6 Å². The summed E-state index contributed by atoms with van der Waals surface area (Å²) in [5.41, 5.74) is 10.1. The maximum absolute atomic E-state index is 13.4. The maximum atomic E-state index is 13.4. The van der Waals surface area contributed by atoms with Crippen LogP contribution in [-0.2, 0) is 34.6 Å². The van der Waals surface area contributed by atoms with Gasteiger partial charge in [-0.2, -0.15) is 23.5 Å². The molecule has 0 spiro atoms. The Balaban J connectivity index is 0.000000252. The van der Waals surface area contributed by atoms with E-state index in [1.165, 1.54) is 91.5 Å². The van der Waals surface area contributed by atoms with Crippen molar-refractivity contribution in [1.29, 1.82) is 0 Å². The van der Waals surface area contributed by atoms with Crippen molar-refractivity contribution in [3.63, 3.8) is 0 Å². The summed E-state index contributed by atoms with van der Waals surface area (Å²) in [6, 6.07) is 45.0. The number of Topliss-reactive ketones (excluding diaryl/α,β-unsaturated/α-hetero) is 1. The molecule has 0 saturated carbocycles. The van der Waals surface area contributed by atoms with Crippen molar-refractivity contribution in [3.05, 3.63) is 213 Å². The molecule has 412 valence electrons. The van der Waals surface area contributed by atoms with Gasteiger partial charge in [0, 0.05) is 38.1 Å². The van der Waals surface area contributed by atoms with Gasteiger partial charge in [-0.05, 0) is 119 Å². The smallest absolute Gasteiger partial charge is 0.285 e. The number of nitrogens with one attached hydrogen (secondary N) is 1. The van der Waals surface area contributed by atoms with Crippen molar-refractivity contribution >= 4 is 107 Å². The Morgan fingerprint density at radius 2 is 1.08 bits per heavy atom. The summed E-state index contributed by atoms with van der Waals surface area (Å²) < 4.78 is 58.4. The zero-order valence-electron chi connectivity index (χ0n) is 43.4. The zero-order valence-corrected chi connectivity index (χ0v) is 48.8. The lowest BCUT2D eigenvalue weighted by Gasteiger charge is -2.22. The molecule has 0 aromatic heterocycles. The van der Waals surface area contributed by atoms with Crippen LogP contribution in [0.5, 0.6) is 0 Å². The number of hydrazone groups is 2. The topological polar surface area (TPSA) is 198 Å². The van der Waals surface area contributed by atoms with Crippen molar-refractivity contribution in [2.45, 2.75) is 68.7 Å². The number of rotatable bonds is 13. The summed E-state index contributed by atoms with van der Waals surface area (Å²) in [5, 5.41) is 14.2. The van der Waals surface area contributed by atoms with Gasteiger partial charge >= 0.3 is 0 Å². The average molecular weight is 1200 g/mol. The predicted molar refractivity (Wildman–Crippen MR) is 316 cm³/mol. The van der Waals surface area contributed by atoms with Crippen molar-refractivity contribution in [2.75, 3.05) is 20.2 Å². The molecule has 3 N–H and O–H groups in total. The molecule has 22 heteroatoms. The minimum absolute atomic E-state index is 0.00393. The van der Waals surface area contributed by atoms with Gasteiger partial charge in [0.25, 0.3) is 20.0 Å². The number of amidine groups is 1. The lowest BCUT2D eigenvalue weighted by Crippen LogP contribution is -2.43. The number of sulfonamides is 2. The number of hydrogen-bond acceptors (Lipinski definition) is 11. The fraction of sp³-hybridized carbons (Fsp3) is 0.232. The molecule has 3 atom stereocenters. The fourth-order valence-corrected chi connectivity index (χ4v) is 10.4. The minimum atomic E-state index is -4.06. The van der Waals surface area contributed by atoms with Gasteiger partial charge in [0.1, 0.15) is 12.3 Å². The first-order chi connectivity index (χ1) is 37.2. The van der Waals surface area contributed by atoms with E-state index >= 15 is 0 Å². The molecule has 6 aromatic carbocycles. The third-order valence-corrected chi connectivity index (χ3v) is 15.2. The van der Waals surface area contributed by atoms with Gasteiger partial charge < -0.3 is 10.6 Å². The largest absolute Gasteiger partial charge is 0.402 e. The summed E-state index contributed by atoms with van der Waals surface area (Å²) in [6.07, 6.45) is 3.73. The first kappa shape index (κ1) is 62.6. The first-order valence-electron chi connectivity index (χ1n) is 24.2. The first-order valence-corrected chi connectivity index (χ1v) is 29.1. The Labute approximate surface area is 482 Å². The normalized spacial score (nSPS) is 15.9. The summed E-state index contributed by atoms with van der Waals surface area (Å²) in [6.45, 7) is 10.1. The Hall–Kier alpha value is -6.28. The van der Waals surface area contributed by atoms with E-state index in [4.69, 9.17) is 68.8 Å². The van der Waals surface area contributed by atoms with E-state index < -0.39 is 26.1 Å². The molecule has 15 nitrogen and oxygen atoms in total. The van der Waals surface area contributed by atoms with Gasteiger partial charge in [-0.1, -0.05) is 165 Å². The SMILES string of the molecule is CC(=O)C(N=C(NS(=O)(=O)c1ccc(Cl)cc1)N1CC(c2ccccc2)C(c2ccc(Cl)cc2)=N1)C(C)C.CCC.COO/C=C/N.O=S(=O)(N=C(Cl)N1CC(c2ccccc2)C(c2ccc(Cl)cc2)=N1)c1ccc(Cl)cc1. The maximum Gasteiger partial charge on any atom is 0.285 e. The number of benzene rings is 6. The van der Waals surface area contributed by atoms with Crippen LogP contribution in [0.2, 0.25) is 20.1 Å². The number of ketones is 1. The number of halogens is 5. The fourth-order valence-electron chi connectivity index (χ4n) is 7.58. The summed E-state index contributed by atoms with van der Waals surface area (Å²) in [4.78, 5) is 25.4. The number of nitrogens with two attached hydrogens (primary N) is 1. The van der Waals surface area contributed by atoms with E-state index in [9.17, 15) is 21.6 Å². The van der Waals surface area contributed by atoms with Gasteiger partial charge in [0.2, 0.25) is 11.3 Å². The van der Waals surface area contributed by atoms with Crippen molar-refractivity contribution < 1.29 is 31.4 Å². The second-order valence-electron chi connectivity index (χ2n) is 17.5. The number of carbonyl (C=O) groups excluding carboxylic acids is 1. The third kappa shape index (κ3) is 18.1. The van der Waals surface area contributed by atoms with Crippen LogP contribution < -0.4 is 10.5 Å². The Bertz CT molecular complexity index is 3280. The molecular formula is C56H59Cl5N8O7S2. The number of carbonyl (C=O) groups is 1. The van der Waals surface area contributed by atoms with Gasteiger partial charge in [-0.3, -0.25) is 4.79 Å². The van der Waals surface area contributed by atoms with Crippen LogP contribution in [0.1, 0.15) is 75.1 Å². The highest BCUT2D eigenvalue weighted by atomic mass is 35.5. The molecule has 8 rings (SSSR count). The molecule has 2 aliphatic heterocycles. The van der Waals surface area contributed by atoms with Gasteiger partial charge in [-0.15, -0.1) is 4.40 Å². The molecule has 0 bridgehead atoms. The molecule has 6 aromatic rings. The van der Waals surface area contributed by atoms with Gasteiger partial charge in [0.05, 0.1) is 41.4 Å². The van der Waals surface area contributed by atoms with Gasteiger partial charge in [-0.25, -0.2) is 28.2 Å². The van der Waals surface area contributed by atoms with Crippen LogP contribution in [0, 0.1) is 5.92 Å². The van der Waals surface area contributed by atoms with E-state index in [2.05, 4.69) is 42.8 Å². The predicted octanol–water partition coefficient (Wildman–Crippen LogP) is 12.9. The van der Waals surface area contributed by atoms with E-state index in [0.29, 0.717) is 33.2 Å². The van der Waals surface area contributed by atoms with E-state index in [1.54, 1.807) is 24.3 Å². The highest BCUT2D eigenvalue weighted by Crippen LogP contribution is 2.32. The lowest BCUT2D eigenvalue weighted by atomic mass is 9.91. The number of aliphatic imine (C=N–C) groups is 1. The second kappa shape index (κ2) is 30.2. The highest BCUT2D eigenvalue weighted by molar-refractivity contribution is 7.90. The van der Waals surface area contributed by atoms with Crippen molar-refractivity contribution in [3.8, 4) is 0 Å². The minimum Gasteiger partial charge on any atom is -0.402 e. The molecule has 2 aliphatic rings. The van der Waals surface area contributed by atoms with Crippen LogP contribution in [0.4, 0.5) is 0 Å². The number of hydrogen-bond donors (Lipinski definition) is 2. The third-order valence-electron chi connectivity index (χ3n) is 11.2. The Morgan fingerprint density at radius 3 is 1.46 bits per heavy atom. The van der Waals surface area contributed by atoms with E-state index in [0.717, 1.165) is 33.7 Å². The lowest BCUT2D eigenvalue weighted by molar-refractivity contribution is -0.222. The average Bonchev–Trinajstić information content (AvgIpc) is 4.09. The summed E-state index contributed by atoms with van der Waals surface area (Å²) in [7, 11) is -6.67. The van der Waals surface area contributed by atoms with Crippen molar-refractivity contribution in [1.82, 2.24) is 14.7 Å². The zero-order chi connectivity index (χ0) is 57.0. The summed E-state index contributed by atoms with van der Waals surface area (Å²) in [5.74, 6) is -0.667. The van der Waals surface area contributed by atoms with Gasteiger partial charge in [0.15, 0.2) is 5.78 Å². The van der Waals surface area contributed by atoms with Crippen LogP contribution in [0.15, 0.2) is 200 Å². The highest BCUT2D eigenvalue weighted by Gasteiger charge is 2.35. The monoisotopic (exact) mass is 1190 g/mol. The van der Waals surface area contributed by atoms with E-state index in [1.807, 2.05) is 98.8 Å². The van der Waals surface area contributed by atoms with Crippen LogP contribution in [0.3, 0.4) is 0 Å². The standard InChI is InChI=1S/C28H28Cl2N4O3S.C22H16Cl3N3O2S.C3H7NO2.C3H8/c1-18(2)26(19(3)35)31-28(33-38(36,37)24-15-13-23(30)14-16-24)34-17-25(20-7-5-4-6-8-20)27(32-34)21-9-11-22(29)12-10-21;23-17-8-6-16(7-9-17)21-20(15-4-2-1-3-5-15)14-28(26-21)22(25)27-31(29,30)19-12-10-18(24)11-13-19;1-5-6-3-2-4;1-3-2/h4-16,18,25-26H,17H2,1-3H3,(H,31,33);1-13,20H,14H2;2-3H,4H2,1H3;3H2,1-2H3/b;;3-2+;. The van der Waals surface area contributed by atoms with Crippen molar-refractivity contribution in [2.24, 2.45) is 31.2 Å². The Kier molecular flexibility index (Phi) is 24.2. The van der Waals surface area contributed by atoms with Crippen LogP contribution >= 0.6 is 58.0 Å². The molecular weight excluding hydrogens is 1140 g/mol. The molecule has 0 aliphatic carbocycles. The molecule has 0 fully saturated rings. The van der Waals surface area contributed by atoms with Crippen LogP contribution in [0.25, 0.3) is 0 Å². The quantitative estimate of drug-likeness (QED) is 0.0280. The molecule has 3 unspecified atom stereocenters. The molecule has 2 heterocycles. The summed E-state index contributed by atoms with van der Waals surface area (Å²) >= 11 is 30.3. The Morgan fingerprint density at radius 1 is 0.679 bits per heavy atom. The molecule has 0 saturated heterocycles. The molecule has 0 radical (unpaired) electrons.